The molecular weight excluding hydrogens is 256 g/mol. The standard InChI is InChI=1S/C19H40N2/c1-3-12-20(16-8-9-17-20)14-6-5-7-15-21(13-4-2)18-10-11-19-21/h3-19H2,1-2H3/q+2. The zero-order valence-corrected chi connectivity index (χ0v) is 14.9. The maximum Gasteiger partial charge on any atom is 0.0788 e. The summed E-state index contributed by atoms with van der Waals surface area (Å²) < 4.78 is 2.93. The molecule has 124 valence electrons. The summed E-state index contributed by atoms with van der Waals surface area (Å²) in [6.45, 7) is 16.5. The van der Waals surface area contributed by atoms with Crippen LogP contribution in [-0.2, 0) is 0 Å². The molecule has 2 aliphatic heterocycles. The second-order valence-electron chi connectivity index (χ2n) is 7.95. The molecule has 2 fully saturated rings. The normalized spacial score (nSPS) is 23.7. The van der Waals surface area contributed by atoms with Crippen molar-refractivity contribution in [3.63, 3.8) is 0 Å². The van der Waals surface area contributed by atoms with Gasteiger partial charge < -0.3 is 8.97 Å². The van der Waals surface area contributed by atoms with E-state index in [0.29, 0.717) is 0 Å². The first-order valence-electron chi connectivity index (χ1n) is 9.94. The maximum atomic E-state index is 2.37. The molecule has 0 saturated carbocycles. The number of quaternary nitrogens is 2. The average molecular weight is 297 g/mol. The third kappa shape index (κ3) is 4.96. The third-order valence-electron chi connectivity index (χ3n) is 6.19. The number of likely N-dealkylation sites (tertiary alicyclic amines) is 2. The quantitative estimate of drug-likeness (QED) is 0.419. The van der Waals surface area contributed by atoms with Crippen LogP contribution in [0, 0.1) is 0 Å². The Balaban J connectivity index is 1.64. The van der Waals surface area contributed by atoms with Crippen LogP contribution < -0.4 is 0 Å². The predicted molar refractivity (Wildman–Crippen MR) is 92.4 cm³/mol. The SMILES string of the molecule is CCC[N+]1(CCCCC[N+]2(CCC)CCCC2)CCCC1. The Morgan fingerprint density at radius 3 is 1.24 bits per heavy atom. The van der Waals surface area contributed by atoms with E-state index in [4.69, 9.17) is 0 Å². The van der Waals surface area contributed by atoms with Crippen LogP contribution in [-0.4, -0.2) is 61.3 Å². The minimum atomic E-state index is 1.37. The Morgan fingerprint density at radius 1 is 0.524 bits per heavy atom. The van der Waals surface area contributed by atoms with Crippen molar-refractivity contribution in [1.29, 1.82) is 0 Å². The largest absolute Gasteiger partial charge is 0.324 e. The summed E-state index contributed by atoms with van der Waals surface area (Å²) >= 11 is 0. The lowest BCUT2D eigenvalue weighted by atomic mass is 10.1. The van der Waals surface area contributed by atoms with Gasteiger partial charge in [0.1, 0.15) is 0 Å². The lowest BCUT2D eigenvalue weighted by Gasteiger charge is -2.35. The van der Waals surface area contributed by atoms with Gasteiger partial charge in [-0.15, -0.1) is 0 Å². The fourth-order valence-electron chi connectivity index (χ4n) is 5.15. The number of hydrogen-bond acceptors (Lipinski definition) is 0. The van der Waals surface area contributed by atoms with Crippen molar-refractivity contribution in [1.82, 2.24) is 0 Å². The molecule has 0 bridgehead atoms. The van der Waals surface area contributed by atoms with E-state index in [1.807, 2.05) is 0 Å². The Labute approximate surface area is 133 Å². The average Bonchev–Trinajstić information content (AvgIpc) is 3.10. The van der Waals surface area contributed by atoms with Crippen molar-refractivity contribution in [3.8, 4) is 0 Å². The third-order valence-corrected chi connectivity index (χ3v) is 6.19. The van der Waals surface area contributed by atoms with Crippen LogP contribution in [0.1, 0.15) is 71.6 Å². The molecule has 0 aromatic rings. The molecule has 0 unspecified atom stereocenters. The highest BCUT2D eigenvalue weighted by Gasteiger charge is 2.31. The van der Waals surface area contributed by atoms with E-state index < -0.39 is 0 Å². The lowest BCUT2D eigenvalue weighted by Crippen LogP contribution is -2.47. The molecule has 0 atom stereocenters. The second kappa shape index (κ2) is 8.53. The van der Waals surface area contributed by atoms with Crippen molar-refractivity contribution in [2.45, 2.75) is 71.6 Å². The van der Waals surface area contributed by atoms with Gasteiger partial charge >= 0.3 is 0 Å². The van der Waals surface area contributed by atoms with Gasteiger partial charge in [0, 0.05) is 25.7 Å². The van der Waals surface area contributed by atoms with Gasteiger partial charge in [-0.3, -0.25) is 0 Å². The van der Waals surface area contributed by atoms with Crippen LogP contribution >= 0.6 is 0 Å². The Morgan fingerprint density at radius 2 is 0.905 bits per heavy atom. The Hall–Kier alpha value is -0.0800. The van der Waals surface area contributed by atoms with Gasteiger partial charge in [0.15, 0.2) is 0 Å². The fraction of sp³-hybridized carbons (Fsp3) is 1.00. The molecule has 2 saturated heterocycles. The van der Waals surface area contributed by atoms with Crippen LogP contribution in [0.5, 0.6) is 0 Å². The molecule has 0 spiro atoms. The molecule has 2 heteroatoms. The summed E-state index contributed by atoms with van der Waals surface area (Å²) in [7, 11) is 0. The molecule has 0 N–H and O–H groups in total. The first-order valence-corrected chi connectivity index (χ1v) is 9.94. The minimum absolute atomic E-state index is 1.37. The number of unbranched alkanes of at least 4 members (excludes halogenated alkanes) is 2. The molecule has 2 heterocycles. The Kier molecular flexibility index (Phi) is 7.01. The van der Waals surface area contributed by atoms with Gasteiger partial charge in [0.05, 0.1) is 52.4 Å². The van der Waals surface area contributed by atoms with Crippen LogP contribution in [0.4, 0.5) is 0 Å². The molecule has 21 heavy (non-hydrogen) atoms. The summed E-state index contributed by atoms with van der Waals surface area (Å²) in [6, 6.07) is 0. The zero-order chi connectivity index (χ0) is 15.0. The molecule has 0 radical (unpaired) electrons. The summed E-state index contributed by atoms with van der Waals surface area (Å²) in [5.41, 5.74) is 0. The number of hydrogen-bond donors (Lipinski definition) is 0. The molecule has 0 amide bonds. The highest BCUT2D eigenvalue weighted by atomic mass is 15.4. The van der Waals surface area contributed by atoms with E-state index in [9.17, 15) is 0 Å². The molecular formula is C19H40N2+2. The maximum absolute atomic E-state index is 2.37. The summed E-state index contributed by atoms with van der Waals surface area (Å²) in [6.07, 6.45) is 13.1. The van der Waals surface area contributed by atoms with Crippen molar-refractivity contribution in [2.24, 2.45) is 0 Å². The predicted octanol–water partition coefficient (Wildman–Crippen LogP) is 4.20. The summed E-state index contributed by atoms with van der Waals surface area (Å²) in [4.78, 5) is 0. The van der Waals surface area contributed by atoms with Crippen molar-refractivity contribution < 1.29 is 8.97 Å². The van der Waals surface area contributed by atoms with E-state index >= 15 is 0 Å². The topological polar surface area (TPSA) is 0 Å². The molecule has 2 aliphatic rings. The van der Waals surface area contributed by atoms with E-state index in [2.05, 4.69) is 13.8 Å². The fourth-order valence-corrected chi connectivity index (χ4v) is 5.15. The van der Waals surface area contributed by atoms with Crippen molar-refractivity contribution in [3.05, 3.63) is 0 Å². The minimum Gasteiger partial charge on any atom is -0.324 e. The Bertz CT molecular complexity index is 247. The van der Waals surface area contributed by atoms with E-state index in [-0.39, 0.29) is 0 Å². The first kappa shape index (κ1) is 17.3. The van der Waals surface area contributed by atoms with Crippen molar-refractivity contribution >= 4 is 0 Å². The highest BCUT2D eigenvalue weighted by molar-refractivity contribution is 4.58. The van der Waals surface area contributed by atoms with Gasteiger partial charge in [-0.05, 0) is 32.1 Å². The van der Waals surface area contributed by atoms with Crippen LogP contribution in [0.25, 0.3) is 0 Å². The highest BCUT2D eigenvalue weighted by Crippen LogP contribution is 2.23. The van der Waals surface area contributed by atoms with E-state index in [0.717, 1.165) is 0 Å². The first-order chi connectivity index (χ1) is 10.2. The molecule has 2 nitrogen and oxygen atoms in total. The van der Waals surface area contributed by atoms with E-state index in [1.54, 1.807) is 0 Å². The summed E-state index contributed by atoms with van der Waals surface area (Å²) in [5.74, 6) is 0. The number of nitrogens with zero attached hydrogens (tertiary/aromatic N) is 2. The summed E-state index contributed by atoms with van der Waals surface area (Å²) in [5, 5.41) is 0. The van der Waals surface area contributed by atoms with Crippen molar-refractivity contribution in [2.75, 3.05) is 52.4 Å². The van der Waals surface area contributed by atoms with Gasteiger partial charge in [0.25, 0.3) is 0 Å². The zero-order valence-electron chi connectivity index (χ0n) is 14.9. The smallest absolute Gasteiger partial charge is 0.0788 e. The number of rotatable bonds is 10. The molecule has 0 aliphatic carbocycles. The second-order valence-corrected chi connectivity index (χ2v) is 7.95. The van der Waals surface area contributed by atoms with Gasteiger partial charge in [-0.1, -0.05) is 13.8 Å². The van der Waals surface area contributed by atoms with Crippen LogP contribution in [0.3, 0.4) is 0 Å². The molecule has 0 aromatic heterocycles. The van der Waals surface area contributed by atoms with Gasteiger partial charge in [-0.25, -0.2) is 0 Å². The van der Waals surface area contributed by atoms with Gasteiger partial charge in [0.2, 0.25) is 0 Å². The van der Waals surface area contributed by atoms with Gasteiger partial charge in [-0.2, -0.15) is 0 Å². The lowest BCUT2D eigenvalue weighted by molar-refractivity contribution is -0.919. The monoisotopic (exact) mass is 296 g/mol. The van der Waals surface area contributed by atoms with E-state index in [1.165, 1.54) is 119 Å². The van der Waals surface area contributed by atoms with Crippen LogP contribution in [0.15, 0.2) is 0 Å². The van der Waals surface area contributed by atoms with Crippen LogP contribution in [0.2, 0.25) is 0 Å². The molecule has 2 rings (SSSR count). The molecule has 0 aromatic carbocycles.